The fourth-order valence-electron chi connectivity index (χ4n) is 7.61. The highest BCUT2D eigenvalue weighted by Gasteiger charge is 2.44. The number of amides is 3. The van der Waals surface area contributed by atoms with Gasteiger partial charge in [-0.25, -0.2) is 0 Å². The fourth-order valence-corrected chi connectivity index (χ4v) is 7.98. The second kappa shape index (κ2) is 16.1. The van der Waals surface area contributed by atoms with Gasteiger partial charge < -0.3 is 30.3 Å². The van der Waals surface area contributed by atoms with Crippen molar-refractivity contribution < 1.29 is 23.9 Å². The van der Waals surface area contributed by atoms with Crippen LogP contribution in [0.15, 0.2) is 71.2 Å². The predicted octanol–water partition coefficient (Wildman–Crippen LogP) is 5.60. The molecule has 3 amide bonds. The molecule has 6 rings (SSSR count). The number of piperidine rings is 1. The van der Waals surface area contributed by atoms with Crippen molar-refractivity contribution in [2.45, 2.75) is 69.9 Å². The maximum atomic E-state index is 14.1. The standard InChI is InChI=1S/C39H49BrN4O5/c1-2-38(25-48-27-49-26-38)24-44-18-14-29(15-19-44)23-41-36(46)34(20-28-8-4-3-5-9-28)42-37(47)39(16-6-7-17-39)43-35(45)32-11-10-31-22-33(40)13-12-30(31)21-32/h3-5,8-13,21-22,29,34H,2,6-7,14-20,23-27H2,1H3,(H,41,46)(H,42,47)(H,43,45)/t34-/m1/s1. The molecular formula is C39H49BrN4O5. The molecule has 2 aliphatic heterocycles. The van der Waals surface area contributed by atoms with Gasteiger partial charge in [0.25, 0.3) is 5.91 Å². The lowest BCUT2D eigenvalue weighted by atomic mass is 9.84. The fraction of sp³-hybridized carbons (Fsp3) is 0.513. The second-order valence-electron chi connectivity index (χ2n) is 14.3. The van der Waals surface area contributed by atoms with Crippen LogP contribution in [0, 0.1) is 11.3 Å². The zero-order valence-electron chi connectivity index (χ0n) is 28.5. The third-order valence-corrected chi connectivity index (χ3v) is 11.3. The summed E-state index contributed by atoms with van der Waals surface area (Å²) in [7, 11) is 0. The van der Waals surface area contributed by atoms with Gasteiger partial charge in [-0.2, -0.15) is 0 Å². The molecule has 3 N–H and O–H groups in total. The number of hydrogen-bond acceptors (Lipinski definition) is 6. The number of carbonyl (C=O) groups is 3. The Morgan fingerprint density at radius 3 is 2.35 bits per heavy atom. The van der Waals surface area contributed by atoms with Crippen molar-refractivity contribution in [2.24, 2.45) is 11.3 Å². The van der Waals surface area contributed by atoms with Crippen molar-refractivity contribution in [2.75, 3.05) is 46.2 Å². The Balaban J connectivity index is 1.08. The van der Waals surface area contributed by atoms with E-state index in [0.29, 0.717) is 44.1 Å². The first-order chi connectivity index (χ1) is 23.8. The molecule has 1 aliphatic carbocycles. The van der Waals surface area contributed by atoms with E-state index >= 15 is 0 Å². The van der Waals surface area contributed by atoms with Crippen molar-refractivity contribution in [3.8, 4) is 0 Å². The minimum absolute atomic E-state index is 0.0471. The van der Waals surface area contributed by atoms with Crippen molar-refractivity contribution in [1.29, 1.82) is 0 Å². The Labute approximate surface area is 298 Å². The average molecular weight is 734 g/mol. The number of carbonyl (C=O) groups excluding carboxylic acids is 3. The van der Waals surface area contributed by atoms with Gasteiger partial charge in [-0.05, 0) is 91.7 Å². The molecule has 1 atom stereocenters. The largest absolute Gasteiger partial charge is 0.355 e. The summed E-state index contributed by atoms with van der Waals surface area (Å²) >= 11 is 3.50. The van der Waals surface area contributed by atoms with Crippen LogP contribution in [0.1, 0.15) is 67.8 Å². The van der Waals surface area contributed by atoms with Gasteiger partial charge in [0.2, 0.25) is 11.8 Å². The first-order valence-corrected chi connectivity index (χ1v) is 18.6. The molecule has 0 aromatic heterocycles. The molecule has 2 saturated heterocycles. The van der Waals surface area contributed by atoms with Crippen molar-refractivity contribution >= 4 is 44.4 Å². The lowest BCUT2D eigenvalue weighted by Gasteiger charge is -2.42. The predicted molar refractivity (Wildman–Crippen MR) is 194 cm³/mol. The Morgan fingerprint density at radius 1 is 0.939 bits per heavy atom. The van der Waals surface area contributed by atoms with Gasteiger partial charge in [0.15, 0.2) is 0 Å². The van der Waals surface area contributed by atoms with Crippen molar-refractivity contribution in [3.05, 3.63) is 82.3 Å². The second-order valence-corrected chi connectivity index (χ2v) is 15.2. The maximum Gasteiger partial charge on any atom is 0.252 e. The zero-order valence-corrected chi connectivity index (χ0v) is 30.1. The number of benzene rings is 3. The van der Waals surface area contributed by atoms with Crippen molar-refractivity contribution in [3.63, 3.8) is 0 Å². The summed E-state index contributed by atoms with van der Waals surface area (Å²) in [5, 5.41) is 11.3. The average Bonchev–Trinajstić information content (AvgIpc) is 3.61. The minimum atomic E-state index is -1.07. The first-order valence-electron chi connectivity index (χ1n) is 17.8. The third kappa shape index (κ3) is 8.89. The van der Waals surface area contributed by atoms with Gasteiger partial charge in [0, 0.05) is 35.0 Å². The Morgan fingerprint density at radius 2 is 1.63 bits per heavy atom. The van der Waals surface area contributed by atoms with Crippen LogP contribution in [-0.2, 0) is 25.5 Å². The van der Waals surface area contributed by atoms with Crippen LogP contribution in [0.3, 0.4) is 0 Å². The molecule has 3 aromatic carbocycles. The summed E-state index contributed by atoms with van der Waals surface area (Å²) in [5.41, 5.74) is 0.441. The number of ether oxygens (including phenoxy) is 2. The minimum Gasteiger partial charge on any atom is -0.355 e. The molecule has 1 saturated carbocycles. The van der Waals surface area contributed by atoms with Gasteiger partial charge >= 0.3 is 0 Å². The molecule has 9 nitrogen and oxygen atoms in total. The summed E-state index contributed by atoms with van der Waals surface area (Å²) in [6.45, 7) is 7.55. The highest BCUT2D eigenvalue weighted by Crippen LogP contribution is 2.32. The van der Waals surface area contributed by atoms with E-state index in [1.54, 1.807) is 6.07 Å². The number of likely N-dealkylation sites (tertiary alicyclic amines) is 1. The summed E-state index contributed by atoms with van der Waals surface area (Å²) in [4.78, 5) is 44.0. The van der Waals surface area contributed by atoms with E-state index in [4.69, 9.17) is 9.47 Å². The van der Waals surface area contributed by atoms with Crippen LogP contribution in [0.5, 0.6) is 0 Å². The molecule has 3 aliphatic rings. The molecule has 0 spiro atoms. The van der Waals surface area contributed by atoms with E-state index in [1.165, 1.54) is 0 Å². The number of nitrogens with one attached hydrogen (secondary N) is 3. The third-order valence-electron chi connectivity index (χ3n) is 10.8. The quantitative estimate of drug-likeness (QED) is 0.224. The molecule has 0 bridgehead atoms. The van der Waals surface area contributed by atoms with Crippen LogP contribution in [-0.4, -0.2) is 80.4 Å². The number of fused-ring (bicyclic) bond motifs is 1. The first kappa shape index (κ1) is 35.5. The van der Waals surface area contributed by atoms with Gasteiger partial charge in [-0.1, -0.05) is 78.2 Å². The van der Waals surface area contributed by atoms with Gasteiger partial charge in [0.1, 0.15) is 18.4 Å². The highest BCUT2D eigenvalue weighted by atomic mass is 79.9. The monoisotopic (exact) mass is 732 g/mol. The highest BCUT2D eigenvalue weighted by molar-refractivity contribution is 9.10. The van der Waals surface area contributed by atoms with Gasteiger partial charge in [-0.15, -0.1) is 0 Å². The maximum absolute atomic E-state index is 14.1. The van der Waals surface area contributed by atoms with Crippen LogP contribution in [0.4, 0.5) is 0 Å². The number of hydrogen-bond donors (Lipinski definition) is 3. The van der Waals surface area contributed by atoms with E-state index in [-0.39, 0.29) is 23.1 Å². The molecule has 262 valence electrons. The molecule has 2 heterocycles. The molecule has 0 unspecified atom stereocenters. The van der Waals surface area contributed by atoms with Crippen LogP contribution in [0.25, 0.3) is 10.8 Å². The van der Waals surface area contributed by atoms with E-state index < -0.39 is 11.6 Å². The van der Waals surface area contributed by atoms with Gasteiger partial charge in [0.05, 0.1) is 13.2 Å². The van der Waals surface area contributed by atoms with E-state index in [0.717, 1.165) is 85.8 Å². The lowest BCUT2D eigenvalue weighted by molar-refractivity contribution is -0.172. The summed E-state index contributed by atoms with van der Waals surface area (Å²) in [5.74, 6) is -0.409. The van der Waals surface area contributed by atoms with Gasteiger partial charge in [-0.3, -0.25) is 14.4 Å². The smallest absolute Gasteiger partial charge is 0.252 e. The molecule has 49 heavy (non-hydrogen) atoms. The number of halogens is 1. The van der Waals surface area contributed by atoms with Crippen LogP contribution < -0.4 is 16.0 Å². The molecule has 10 heteroatoms. The molecule has 3 fully saturated rings. The summed E-state index contributed by atoms with van der Waals surface area (Å²) in [6.07, 6.45) is 6.09. The van der Waals surface area contributed by atoms with E-state index in [1.807, 2.05) is 60.7 Å². The SMILES string of the molecule is CCC1(CN2CCC(CNC(=O)[C@@H](Cc3ccccc3)NC(=O)C3(NC(=O)c4ccc5cc(Br)ccc5c4)CCCC3)CC2)COCOC1. The normalized spacial score (nSPS) is 20.0. The molecular weight excluding hydrogens is 684 g/mol. The zero-order chi connectivity index (χ0) is 34.3. The Kier molecular flexibility index (Phi) is 11.7. The Hall–Kier alpha value is -3.31. The molecule has 3 aromatic rings. The summed E-state index contributed by atoms with van der Waals surface area (Å²) in [6, 6.07) is 20.5. The van der Waals surface area contributed by atoms with Crippen LogP contribution in [0.2, 0.25) is 0 Å². The van der Waals surface area contributed by atoms with Crippen LogP contribution >= 0.6 is 15.9 Å². The number of nitrogens with zero attached hydrogens (tertiary/aromatic N) is 1. The molecule has 0 radical (unpaired) electrons. The van der Waals surface area contributed by atoms with Crippen molar-refractivity contribution in [1.82, 2.24) is 20.9 Å². The number of rotatable bonds is 12. The van der Waals surface area contributed by atoms with E-state index in [2.05, 4.69) is 43.7 Å². The van der Waals surface area contributed by atoms with E-state index in [9.17, 15) is 14.4 Å². The summed E-state index contributed by atoms with van der Waals surface area (Å²) < 4.78 is 12.3. The topological polar surface area (TPSA) is 109 Å². The lowest BCUT2D eigenvalue weighted by Crippen LogP contribution is -2.61. The Bertz CT molecular complexity index is 1600.